The van der Waals surface area contributed by atoms with Crippen molar-refractivity contribution in [3.8, 4) is 0 Å². The fourth-order valence-electron chi connectivity index (χ4n) is 1.34. The van der Waals surface area contributed by atoms with E-state index >= 15 is 0 Å². The van der Waals surface area contributed by atoms with Gasteiger partial charge in [-0.3, -0.25) is 4.79 Å². The van der Waals surface area contributed by atoms with Gasteiger partial charge in [-0.1, -0.05) is 12.5 Å². The first-order chi connectivity index (χ1) is 4.63. The zero-order valence-electron chi connectivity index (χ0n) is 6.90. The Bertz CT molecular complexity index is 189. The van der Waals surface area contributed by atoms with E-state index in [2.05, 4.69) is 13.8 Å². The summed E-state index contributed by atoms with van der Waals surface area (Å²) in [7, 11) is 0. The smallest absolute Gasteiger partial charge is 0.158 e. The van der Waals surface area contributed by atoms with Crippen LogP contribution in [0.4, 0.5) is 0 Å². The van der Waals surface area contributed by atoms with E-state index in [-0.39, 0.29) is 0 Å². The van der Waals surface area contributed by atoms with Crippen molar-refractivity contribution in [2.45, 2.75) is 33.6 Å². The molecule has 1 nitrogen and oxygen atoms in total. The summed E-state index contributed by atoms with van der Waals surface area (Å²) < 4.78 is 0. The van der Waals surface area contributed by atoms with Crippen LogP contribution in [0.5, 0.6) is 0 Å². The zero-order valence-corrected chi connectivity index (χ0v) is 6.90. The molecule has 1 aliphatic rings. The fraction of sp³-hybridized carbons (Fsp3) is 0.667. The van der Waals surface area contributed by atoms with Gasteiger partial charge < -0.3 is 0 Å². The summed E-state index contributed by atoms with van der Waals surface area (Å²) in [6, 6.07) is 0. The Morgan fingerprint density at radius 2 is 2.00 bits per heavy atom. The Kier molecular flexibility index (Phi) is 1.93. The summed E-state index contributed by atoms with van der Waals surface area (Å²) in [6.45, 7) is 6.19. The second-order valence-electron chi connectivity index (χ2n) is 3.17. The molecular weight excluding hydrogens is 124 g/mol. The molecule has 0 bridgehead atoms. The maximum Gasteiger partial charge on any atom is 0.158 e. The molecule has 0 heterocycles. The fourth-order valence-corrected chi connectivity index (χ4v) is 1.34. The first kappa shape index (κ1) is 7.52. The van der Waals surface area contributed by atoms with Crippen LogP contribution in [0.25, 0.3) is 0 Å². The van der Waals surface area contributed by atoms with Gasteiger partial charge in [-0.2, -0.15) is 0 Å². The van der Waals surface area contributed by atoms with E-state index < -0.39 is 0 Å². The Labute approximate surface area is 62.1 Å². The molecule has 1 rings (SSSR count). The maximum absolute atomic E-state index is 11.1. The van der Waals surface area contributed by atoms with Crippen LogP contribution in [0.1, 0.15) is 33.6 Å². The molecule has 0 amide bonds. The van der Waals surface area contributed by atoms with Crippen LogP contribution in [-0.2, 0) is 4.79 Å². The number of carbonyl (C=O) groups is 1. The van der Waals surface area contributed by atoms with Gasteiger partial charge in [-0.25, -0.2) is 0 Å². The summed E-state index contributed by atoms with van der Waals surface area (Å²) in [5.41, 5.74) is 2.29. The van der Waals surface area contributed by atoms with Gasteiger partial charge in [0, 0.05) is 6.42 Å². The van der Waals surface area contributed by atoms with Crippen molar-refractivity contribution in [2.24, 2.45) is 5.92 Å². The van der Waals surface area contributed by atoms with Crippen molar-refractivity contribution in [3.05, 3.63) is 11.1 Å². The molecule has 0 saturated carbocycles. The average Bonchev–Trinajstić information content (AvgIpc) is 1.93. The van der Waals surface area contributed by atoms with Crippen molar-refractivity contribution in [3.63, 3.8) is 0 Å². The molecule has 0 saturated heterocycles. The van der Waals surface area contributed by atoms with Gasteiger partial charge in [0.1, 0.15) is 0 Å². The second-order valence-corrected chi connectivity index (χ2v) is 3.17. The molecule has 56 valence electrons. The first-order valence-corrected chi connectivity index (χ1v) is 3.83. The van der Waals surface area contributed by atoms with E-state index in [1.807, 2.05) is 6.92 Å². The van der Waals surface area contributed by atoms with E-state index in [0.29, 0.717) is 11.7 Å². The Hall–Kier alpha value is -0.590. The highest BCUT2D eigenvalue weighted by Crippen LogP contribution is 2.26. The topological polar surface area (TPSA) is 17.1 Å². The molecule has 0 aromatic carbocycles. The van der Waals surface area contributed by atoms with Crippen molar-refractivity contribution in [1.29, 1.82) is 0 Å². The van der Waals surface area contributed by atoms with Gasteiger partial charge >= 0.3 is 0 Å². The van der Waals surface area contributed by atoms with Gasteiger partial charge in [0.05, 0.1) is 0 Å². The Balaban J connectivity index is 2.92. The van der Waals surface area contributed by atoms with Gasteiger partial charge in [-0.05, 0) is 31.8 Å². The number of hydrogen-bond donors (Lipinski definition) is 0. The van der Waals surface area contributed by atoms with Crippen LogP contribution in [0.2, 0.25) is 0 Å². The third-order valence-electron chi connectivity index (χ3n) is 2.55. The summed E-state index contributed by atoms with van der Waals surface area (Å²) in [5.74, 6) is 0.966. The van der Waals surface area contributed by atoms with Crippen molar-refractivity contribution < 1.29 is 4.79 Å². The predicted molar refractivity (Wildman–Crippen MR) is 41.8 cm³/mol. The van der Waals surface area contributed by atoms with E-state index in [9.17, 15) is 4.79 Å². The lowest BCUT2D eigenvalue weighted by molar-refractivity contribution is -0.116. The monoisotopic (exact) mass is 138 g/mol. The van der Waals surface area contributed by atoms with Crippen LogP contribution < -0.4 is 0 Å². The summed E-state index contributed by atoms with van der Waals surface area (Å²) in [4.78, 5) is 11.1. The van der Waals surface area contributed by atoms with E-state index in [0.717, 1.165) is 18.4 Å². The Morgan fingerprint density at radius 1 is 1.40 bits per heavy atom. The van der Waals surface area contributed by atoms with Crippen LogP contribution in [0.3, 0.4) is 0 Å². The van der Waals surface area contributed by atoms with E-state index in [4.69, 9.17) is 0 Å². The lowest BCUT2D eigenvalue weighted by Gasteiger charge is -2.19. The molecule has 0 aromatic rings. The van der Waals surface area contributed by atoms with Gasteiger partial charge in [0.15, 0.2) is 5.78 Å². The molecule has 0 radical (unpaired) electrons. The zero-order chi connectivity index (χ0) is 7.72. The lowest BCUT2D eigenvalue weighted by atomic mass is 9.85. The number of carbonyl (C=O) groups excluding carboxylic acids is 1. The maximum atomic E-state index is 11.1. The van der Waals surface area contributed by atoms with Crippen LogP contribution in [0, 0.1) is 5.92 Å². The highest BCUT2D eigenvalue weighted by atomic mass is 16.1. The average molecular weight is 138 g/mol. The number of rotatable bonds is 0. The van der Waals surface area contributed by atoms with Crippen molar-refractivity contribution in [2.75, 3.05) is 0 Å². The number of allylic oxidation sites excluding steroid dienone is 2. The van der Waals surface area contributed by atoms with Gasteiger partial charge in [0.2, 0.25) is 0 Å². The number of hydrogen-bond acceptors (Lipinski definition) is 1. The Morgan fingerprint density at radius 3 is 2.50 bits per heavy atom. The molecule has 0 aromatic heterocycles. The van der Waals surface area contributed by atoms with E-state index in [1.165, 1.54) is 5.57 Å². The highest BCUT2D eigenvalue weighted by molar-refractivity contribution is 5.96. The highest BCUT2D eigenvalue weighted by Gasteiger charge is 2.18. The summed E-state index contributed by atoms with van der Waals surface area (Å²) >= 11 is 0. The van der Waals surface area contributed by atoms with Gasteiger partial charge in [0.25, 0.3) is 0 Å². The number of ketones is 1. The summed E-state index contributed by atoms with van der Waals surface area (Å²) in [5, 5.41) is 0. The molecule has 1 aliphatic carbocycles. The van der Waals surface area contributed by atoms with Crippen LogP contribution in [-0.4, -0.2) is 5.78 Å². The molecule has 0 N–H and O–H groups in total. The minimum atomic E-state index is 0.343. The summed E-state index contributed by atoms with van der Waals surface area (Å²) in [6.07, 6.45) is 1.80. The molecule has 10 heavy (non-hydrogen) atoms. The molecule has 0 unspecified atom stereocenters. The van der Waals surface area contributed by atoms with Crippen molar-refractivity contribution in [1.82, 2.24) is 0 Å². The molecule has 1 atom stereocenters. The molecular formula is C9H14O. The third-order valence-corrected chi connectivity index (χ3v) is 2.55. The standard InChI is InChI=1S/C9H14O/c1-6-4-5-9(10)8(3)7(6)2/h6H,4-5H2,1-3H3/t6-/m0/s1. The quantitative estimate of drug-likeness (QED) is 0.502. The third kappa shape index (κ3) is 1.13. The normalized spacial score (nSPS) is 27.5. The van der Waals surface area contributed by atoms with Crippen LogP contribution in [0.15, 0.2) is 11.1 Å². The largest absolute Gasteiger partial charge is 0.295 e. The van der Waals surface area contributed by atoms with Gasteiger partial charge in [-0.15, -0.1) is 0 Å². The lowest BCUT2D eigenvalue weighted by Crippen LogP contribution is -2.14. The molecule has 0 fully saturated rings. The minimum Gasteiger partial charge on any atom is -0.295 e. The van der Waals surface area contributed by atoms with Crippen molar-refractivity contribution >= 4 is 5.78 Å². The van der Waals surface area contributed by atoms with Crippen LogP contribution >= 0.6 is 0 Å². The first-order valence-electron chi connectivity index (χ1n) is 3.83. The SMILES string of the molecule is CC1=C(C)[C@@H](C)CCC1=O. The van der Waals surface area contributed by atoms with E-state index in [1.54, 1.807) is 0 Å². The second kappa shape index (κ2) is 2.57. The molecule has 0 aliphatic heterocycles. The predicted octanol–water partition coefficient (Wildman–Crippen LogP) is 2.32. The molecule has 1 heteroatoms. The minimum absolute atomic E-state index is 0.343. The number of Topliss-reactive ketones (excluding diaryl/α,β-unsaturated/α-hetero) is 1. The molecule has 0 spiro atoms.